The van der Waals surface area contributed by atoms with Gasteiger partial charge in [0.15, 0.2) is 0 Å². The molecule has 0 radical (unpaired) electrons. The lowest BCUT2D eigenvalue weighted by molar-refractivity contribution is -0.131. The summed E-state index contributed by atoms with van der Waals surface area (Å²) >= 11 is 6.10. The van der Waals surface area contributed by atoms with Gasteiger partial charge in [-0.05, 0) is 44.0 Å². The van der Waals surface area contributed by atoms with E-state index in [1.165, 1.54) is 6.08 Å². The first-order chi connectivity index (χ1) is 9.86. The van der Waals surface area contributed by atoms with Crippen LogP contribution in [0.25, 0.3) is 6.08 Å². The molecule has 0 saturated heterocycles. The zero-order valence-corrected chi connectivity index (χ0v) is 13.2. The van der Waals surface area contributed by atoms with Gasteiger partial charge in [-0.25, -0.2) is 4.79 Å². The number of aliphatic carboxylic acids is 1. The summed E-state index contributed by atoms with van der Waals surface area (Å²) in [5.41, 5.74) is 1.08. The highest BCUT2D eigenvalue weighted by Gasteiger charge is 2.18. The molecule has 0 fully saturated rings. The third-order valence-electron chi connectivity index (χ3n) is 3.00. The van der Waals surface area contributed by atoms with Crippen molar-refractivity contribution in [2.24, 2.45) is 0 Å². The topological polar surface area (TPSA) is 57.6 Å². The van der Waals surface area contributed by atoms with Crippen molar-refractivity contribution in [1.29, 1.82) is 0 Å². The Morgan fingerprint density at radius 1 is 1.38 bits per heavy atom. The van der Waals surface area contributed by atoms with Gasteiger partial charge in [-0.1, -0.05) is 24.6 Å². The summed E-state index contributed by atoms with van der Waals surface area (Å²) in [5, 5.41) is 8.97. The zero-order chi connectivity index (χ0) is 16.0. The fourth-order valence-corrected chi connectivity index (χ4v) is 2.20. The first kappa shape index (κ1) is 17.2. The van der Waals surface area contributed by atoms with Gasteiger partial charge in [0.2, 0.25) is 0 Å². The molecule has 1 aromatic carbocycles. The maximum absolute atomic E-state index is 12.5. The fraction of sp³-hybridized carbons (Fsp3) is 0.375. The van der Waals surface area contributed by atoms with Gasteiger partial charge in [0.05, 0.1) is 0 Å². The maximum Gasteiger partial charge on any atom is 0.328 e. The van der Waals surface area contributed by atoms with Crippen LogP contribution in [-0.4, -0.2) is 34.5 Å². The second-order valence-electron chi connectivity index (χ2n) is 5.00. The molecular weight excluding hydrogens is 290 g/mol. The second kappa shape index (κ2) is 7.84. The van der Waals surface area contributed by atoms with E-state index in [1.807, 2.05) is 20.8 Å². The van der Waals surface area contributed by atoms with E-state index in [0.29, 0.717) is 22.7 Å². The van der Waals surface area contributed by atoms with Crippen LogP contribution in [0.3, 0.4) is 0 Å². The number of carbonyl (C=O) groups excluding carboxylic acids is 1. The largest absolute Gasteiger partial charge is 0.478 e. The van der Waals surface area contributed by atoms with Crippen LogP contribution in [0.2, 0.25) is 5.02 Å². The quantitative estimate of drug-likeness (QED) is 0.815. The van der Waals surface area contributed by atoms with Gasteiger partial charge in [0.1, 0.15) is 0 Å². The van der Waals surface area contributed by atoms with E-state index in [4.69, 9.17) is 16.7 Å². The van der Waals surface area contributed by atoms with Crippen LogP contribution in [0.4, 0.5) is 0 Å². The number of hydrogen-bond acceptors (Lipinski definition) is 2. The molecule has 0 aromatic heterocycles. The molecule has 0 bridgehead atoms. The van der Waals surface area contributed by atoms with Gasteiger partial charge < -0.3 is 10.0 Å². The number of benzene rings is 1. The third kappa shape index (κ3) is 4.90. The van der Waals surface area contributed by atoms with Crippen LogP contribution in [0.1, 0.15) is 43.1 Å². The molecule has 0 aliphatic rings. The Bertz CT molecular complexity index is 552. The monoisotopic (exact) mass is 309 g/mol. The summed E-state index contributed by atoms with van der Waals surface area (Å²) in [6, 6.07) is 5.01. The summed E-state index contributed by atoms with van der Waals surface area (Å²) in [5.74, 6) is -1.11. The Morgan fingerprint density at radius 3 is 2.52 bits per heavy atom. The van der Waals surface area contributed by atoms with Gasteiger partial charge in [0.25, 0.3) is 5.91 Å². The standard InChI is InChI=1S/C16H20ClNO3/c1-4-9-18(11(2)3)16(21)13-6-5-12(14(17)10-13)7-8-15(19)20/h5-8,10-11H,4,9H2,1-3H3,(H,19,20)/b8-7+. The van der Waals surface area contributed by atoms with Crippen molar-refractivity contribution in [3.05, 3.63) is 40.4 Å². The molecule has 0 aliphatic carbocycles. The Kier molecular flexibility index (Phi) is 6.43. The molecule has 0 heterocycles. The molecule has 114 valence electrons. The van der Waals surface area contributed by atoms with Crippen molar-refractivity contribution in [1.82, 2.24) is 4.90 Å². The molecule has 5 heteroatoms. The fourth-order valence-electron chi connectivity index (χ4n) is 1.96. The lowest BCUT2D eigenvalue weighted by atomic mass is 10.1. The normalized spacial score (nSPS) is 11.1. The van der Waals surface area contributed by atoms with Crippen molar-refractivity contribution >= 4 is 29.6 Å². The highest BCUT2D eigenvalue weighted by molar-refractivity contribution is 6.32. The summed E-state index contributed by atoms with van der Waals surface area (Å²) in [6.45, 7) is 6.66. The van der Waals surface area contributed by atoms with Crippen molar-refractivity contribution in [2.75, 3.05) is 6.54 Å². The van der Waals surface area contributed by atoms with Crippen molar-refractivity contribution in [2.45, 2.75) is 33.2 Å². The minimum Gasteiger partial charge on any atom is -0.478 e. The van der Waals surface area contributed by atoms with Gasteiger partial charge in [-0.15, -0.1) is 0 Å². The molecule has 1 amide bonds. The number of carboxylic acid groups (broad SMARTS) is 1. The van der Waals surface area contributed by atoms with E-state index in [1.54, 1.807) is 23.1 Å². The Labute approximate surface area is 130 Å². The summed E-state index contributed by atoms with van der Waals surface area (Å²) in [6.07, 6.45) is 3.31. The Morgan fingerprint density at radius 2 is 2.05 bits per heavy atom. The van der Waals surface area contributed by atoms with Crippen LogP contribution in [0, 0.1) is 0 Å². The van der Waals surface area contributed by atoms with Crippen LogP contribution in [0.15, 0.2) is 24.3 Å². The summed E-state index contributed by atoms with van der Waals surface area (Å²) < 4.78 is 0. The maximum atomic E-state index is 12.5. The SMILES string of the molecule is CCCN(C(=O)c1ccc(/C=C/C(=O)O)c(Cl)c1)C(C)C. The van der Waals surface area contributed by atoms with Crippen LogP contribution < -0.4 is 0 Å². The molecule has 4 nitrogen and oxygen atoms in total. The molecule has 1 aromatic rings. The summed E-state index contributed by atoms with van der Waals surface area (Å²) in [7, 11) is 0. The molecule has 0 atom stereocenters. The minimum absolute atomic E-state index is 0.0671. The van der Waals surface area contributed by atoms with Gasteiger partial charge in [0, 0.05) is 29.2 Å². The molecule has 0 spiro atoms. The predicted molar refractivity (Wildman–Crippen MR) is 84.6 cm³/mol. The highest BCUT2D eigenvalue weighted by atomic mass is 35.5. The van der Waals surface area contributed by atoms with Gasteiger partial charge in [-0.2, -0.15) is 0 Å². The lowest BCUT2D eigenvalue weighted by Crippen LogP contribution is -2.37. The van der Waals surface area contributed by atoms with Crippen molar-refractivity contribution < 1.29 is 14.7 Å². The van der Waals surface area contributed by atoms with E-state index in [2.05, 4.69) is 0 Å². The van der Waals surface area contributed by atoms with Crippen molar-refractivity contribution in [3.63, 3.8) is 0 Å². The van der Waals surface area contributed by atoms with E-state index < -0.39 is 5.97 Å². The van der Waals surface area contributed by atoms with Crippen LogP contribution in [-0.2, 0) is 4.79 Å². The first-order valence-corrected chi connectivity index (χ1v) is 7.26. The van der Waals surface area contributed by atoms with E-state index in [0.717, 1.165) is 12.5 Å². The minimum atomic E-state index is -1.04. The number of halogens is 1. The third-order valence-corrected chi connectivity index (χ3v) is 3.33. The molecule has 21 heavy (non-hydrogen) atoms. The zero-order valence-electron chi connectivity index (χ0n) is 12.5. The number of carboxylic acids is 1. The van der Waals surface area contributed by atoms with Crippen molar-refractivity contribution in [3.8, 4) is 0 Å². The number of amides is 1. The van der Waals surface area contributed by atoms with E-state index in [-0.39, 0.29) is 11.9 Å². The Balaban J connectivity index is 3.02. The van der Waals surface area contributed by atoms with E-state index in [9.17, 15) is 9.59 Å². The highest BCUT2D eigenvalue weighted by Crippen LogP contribution is 2.21. The number of nitrogens with zero attached hydrogens (tertiary/aromatic N) is 1. The predicted octanol–water partition coefficient (Wildman–Crippen LogP) is 3.70. The summed E-state index contributed by atoms with van der Waals surface area (Å²) in [4.78, 5) is 24.8. The lowest BCUT2D eigenvalue weighted by Gasteiger charge is -2.26. The van der Waals surface area contributed by atoms with E-state index >= 15 is 0 Å². The average molecular weight is 310 g/mol. The number of rotatable bonds is 6. The molecule has 1 N–H and O–H groups in total. The average Bonchev–Trinajstić information content (AvgIpc) is 2.42. The number of hydrogen-bond donors (Lipinski definition) is 1. The smallest absolute Gasteiger partial charge is 0.328 e. The Hall–Kier alpha value is -1.81. The van der Waals surface area contributed by atoms with Gasteiger partial charge in [-0.3, -0.25) is 4.79 Å². The van der Waals surface area contributed by atoms with Gasteiger partial charge >= 0.3 is 5.97 Å². The first-order valence-electron chi connectivity index (χ1n) is 6.88. The second-order valence-corrected chi connectivity index (χ2v) is 5.41. The number of carbonyl (C=O) groups is 2. The van der Waals surface area contributed by atoms with Crippen LogP contribution >= 0.6 is 11.6 Å². The molecule has 1 rings (SSSR count). The van der Waals surface area contributed by atoms with Crippen LogP contribution in [0.5, 0.6) is 0 Å². The molecular formula is C16H20ClNO3. The molecule has 0 unspecified atom stereocenters. The molecule has 0 aliphatic heterocycles. The molecule has 0 saturated carbocycles.